The van der Waals surface area contributed by atoms with Gasteiger partial charge in [-0.2, -0.15) is 0 Å². The van der Waals surface area contributed by atoms with Gasteiger partial charge >= 0.3 is 0 Å². The Kier molecular flexibility index (Phi) is 4.91. The van der Waals surface area contributed by atoms with Crippen LogP contribution in [0.5, 0.6) is 0 Å². The second kappa shape index (κ2) is 5.74. The summed E-state index contributed by atoms with van der Waals surface area (Å²) < 4.78 is 5.26. The molecule has 5 atom stereocenters. The highest BCUT2D eigenvalue weighted by Crippen LogP contribution is 2.23. The maximum atomic E-state index is 9.45. The lowest BCUT2D eigenvalue weighted by molar-refractivity contribution is -0.186. The predicted molar refractivity (Wildman–Crippen MR) is 50.1 cm³/mol. The molecular weight excluding hydrogens is 204 g/mol. The van der Waals surface area contributed by atoms with Crippen LogP contribution in [0, 0.1) is 0 Å². The third kappa shape index (κ3) is 3.37. The summed E-state index contributed by atoms with van der Waals surface area (Å²) in [5.41, 5.74) is 0. The number of aliphatic hydroxyl groups is 5. The summed E-state index contributed by atoms with van der Waals surface area (Å²) in [6.07, 6.45) is -3.89. The van der Waals surface area contributed by atoms with Gasteiger partial charge in [-0.15, -0.1) is 0 Å². The molecule has 0 amide bonds. The number of hydrogen-bond acceptors (Lipinski definition) is 6. The van der Waals surface area contributed by atoms with Crippen LogP contribution in [0.25, 0.3) is 0 Å². The molecule has 5 N–H and O–H groups in total. The maximum absolute atomic E-state index is 9.45. The van der Waals surface area contributed by atoms with Gasteiger partial charge in [0.15, 0.2) is 0 Å². The quantitative estimate of drug-likeness (QED) is 0.363. The topological polar surface area (TPSA) is 110 Å². The monoisotopic (exact) mass is 222 g/mol. The maximum Gasteiger partial charge on any atom is 0.109 e. The molecular formula is C9H18O6. The fraction of sp³-hybridized carbons (Fsp3) is 1.00. The minimum absolute atomic E-state index is 0.177. The molecule has 0 aromatic heterocycles. The van der Waals surface area contributed by atoms with E-state index in [0.717, 1.165) is 0 Å². The normalized spacial score (nSPS) is 39.0. The first kappa shape index (κ1) is 12.8. The molecule has 1 saturated heterocycles. The number of hydrogen-bond donors (Lipinski definition) is 5. The Balaban J connectivity index is 2.47. The van der Waals surface area contributed by atoms with Crippen LogP contribution in [0.3, 0.4) is 0 Å². The lowest BCUT2D eigenvalue weighted by Crippen LogP contribution is -2.50. The molecule has 0 spiro atoms. The molecule has 0 saturated carbocycles. The Hall–Kier alpha value is -0.240. The van der Waals surface area contributed by atoms with Crippen molar-refractivity contribution in [3.05, 3.63) is 0 Å². The van der Waals surface area contributed by atoms with Gasteiger partial charge in [-0.1, -0.05) is 0 Å². The number of rotatable bonds is 4. The van der Waals surface area contributed by atoms with Gasteiger partial charge < -0.3 is 30.3 Å². The highest BCUT2D eigenvalue weighted by Gasteiger charge is 2.36. The lowest BCUT2D eigenvalue weighted by atomic mass is 9.95. The van der Waals surface area contributed by atoms with Crippen molar-refractivity contribution >= 4 is 0 Å². The molecule has 1 rings (SSSR count). The Morgan fingerprint density at radius 2 is 1.93 bits per heavy atom. The summed E-state index contributed by atoms with van der Waals surface area (Å²) in [7, 11) is 0. The molecule has 1 aliphatic rings. The van der Waals surface area contributed by atoms with Crippen molar-refractivity contribution in [2.24, 2.45) is 0 Å². The van der Waals surface area contributed by atoms with Crippen LogP contribution in [0.1, 0.15) is 12.8 Å². The molecule has 1 aliphatic heterocycles. The van der Waals surface area contributed by atoms with Crippen LogP contribution >= 0.6 is 0 Å². The van der Waals surface area contributed by atoms with E-state index in [-0.39, 0.29) is 26.1 Å². The Morgan fingerprint density at radius 1 is 1.27 bits per heavy atom. The second-order valence-corrected chi connectivity index (χ2v) is 3.84. The van der Waals surface area contributed by atoms with Crippen molar-refractivity contribution < 1.29 is 30.3 Å². The molecule has 0 aromatic rings. The third-order valence-electron chi connectivity index (χ3n) is 2.57. The standard InChI is InChI=1S/C9H18O6/c10-3-5(12)1-6-2-7(13)9(14)8(4-11)15-6/h5-14H,1-4H2/t5?,6-,7+,8+,9-/m0/s1. The van der Waals surface area contributed by atoms with E-state index in [1.165, 1.54) is 0 Å². The van der Waals surface area contributed by atoms with Gasteiger partial charge in [-0.25, -0.2) is 0 Å². The van der Waals surface area contributed by atoms with Crippen molar-refractivity contribution in [3.63, 3.8) is 0 Å². The minimum Gasteiger partial charge on any atom is -0.394 e. The zero-order valence-electron chi connectivity index (χ0n) is 8.36. The lowest BCUT2D eigenvalue weighted by Gasteiger charge is -2.36. The SMILES string of the molecule is OCC(O)C[C@H]1C[C@@H](O)[C@H](O)[C@@H](CO)O1. The highest BCUT2D eigenvalue weighted by molar-refractivity contribution is 4.85. The fourth-order valence-corrected chi connectivity index (χ4v) is 1.72. The van der Waals surface area contributed by atoms with E-state index >= 15 is 0 Å². The van der Waals surface area contributed by atoms with Gasteiger partial charge in [0.2, 0.25) is 0 Å². The smallest absolute Gasteiger partial charge is 0.109 e. The molecule has 90 valence electrons. The van der Waals surface area contributed by atoms with E-state index in [2.05, 4.69) is 0 Å². The van der Waals surface area contributed by atoms with E-state index < -0.39 is 30.5 Å². The molecule has 6 nitrogen and oxygen atoms in total. The van der Waals surface area contributed by atoms with E-state index in [1.54, 1.807) is 0 Å². The third-order valence-corrected chi connectivity index (χ3v) is 2.57. The first-order chi connectivity index (χ1) is 7.08. The predicted octanol–water partition coefficient (Wildman–Crippen LogP) is -2.40. The summed E-state index contributed by atoms with van der Waals surface area (Å²) >= 11 is 0. The van der Waals surface area contributed by atoms with E-state index in [0.29, 0.717) is 0 Å². The van der Waals surface area contributed by atoms with E-state index in [4.69, 9.17) is 14.9 Å². The molecule has 0 radical (unpaired) electrons. The first-order valence-corrected chi connectivity index (χ1v) is 4.99. The molecule has 15 heavy (non-hydrogen) atoms. The summed E-state index contributed by atoms with van der Waals surface area (Å²) in [4.78, 5) is 0. The van der Waals surface area contributed by atoms with Gasteiger partial charge in [0, 0.05) is 12.8 Å². The number of aliphatic hydroxyl groups excluding tert-OH is 5. The molecule has 0 bridgehead atoms. The van der Waals surface area contributed by atoms with Crippen molar-refractivity contribution in [1.29, 1.82) is 0 Å². The van der Waals surface area contributed by atoms with Gasteiger partial charge in [0.05, 0.1) is 31.5 Å². The average molecular weight is 222 g/mol. The van der Waals surface area contributed by atoms with Gasteiger partial charge in [-0.3, -0.25) is 0 Å². The molecule has 1 heterocycles. The molecule has 1 fully saturated rings. The molecule has 0 aliphatic carbocycles. The van der Waals surface area contributed by atoms with Crippen LogP contribution < -0.4 is 0 Å². The van der Waals surface area contributed by atoms with Crippen LogP contribution in [-0.2, 0) is 4.74 Å². The van der Waals surface area contributed by atoms with Gasteiger partial charge in [0.25, 0.3) is 0 Å². The largest absolute Gasteiger partial charge is 0.394 e. The van der Waals surface area contributed by atoms with Crippen LogP contribution in [0.4, 0.5) is 0 Å². The Bertz CT molecular complexity index is 185. The minimum atomic E-state index is -1.10. The molecule has 1 unspecified atom stereocenters. The second-order valence-electron chi connectivity index (χ2n) is 3.84. The van der Waals surface area contributed by atoms with Gasteiger partial charge in [0.1, 0.15) is 12.2 Å². The van der Waals surface area contributed by atoms with Crippen molar-refractivity contribution in [3.8, 4) is 0 Å². The molecule has 6 heteroatoms. The Labute approximate surface area is 87.7 Å². The molecule has 0 aromatic carbocycles. The summed E-state index contributed by atoms with van der Waals surface area (Å²) in [6.45, 7) is -0.758. The van der Waals surface area contributed by atoms with Crippen molar-refractivity contribution in [2.75, 3.05) is 13.2 Å². The fourth-order valence-electron chi connectivity index (χ4n) is 1.72. The zero-order chi connectivity index (χ0) is 11.4. The average Bonchev–Trinajstić information content (AvgIpc) is 2.22. The van der Waals surface area contributed by atoms with Crippen molar-refractivity contribution in [1.82, 2.24) is 0 Å². The van der Waals surface area contributed by atoms with Crippen LogP contribution in [0.15, 0.2) is 0 Å². The zero-order valence-corrected chi connectivity index (χ0v) is 8.36. The van der Waals surface area contributed by atoms with Crippen LogP contribution in [-0.4, -0.2) is 69.3 Å². The summed E-state index contributed by atoms with van der Waals surface area (Å²) in [5, 5.41) is 45.6. The van der Waals surface area contributed by atoms with Crippen molar-refractivity contribution in [2.45, 2.75) is 43.4 Å². The first-order valence-electron chi connectivity index (χ1n) is 4.99. The van der Waals surface area contributed by atoms with E-state index in [9.17, 15) is 15.3 Å². The van der Waals surface area contributed by atoms with Crippen LogP contribution in [0.2, 0.25) is 0 Å². The summed E-state index contributed by atoms with van der Waals surface area (Å²) in [5.74, 6) is 0. The van der Waals surface area contributed by atoms with E-state index in [1.807, 2.05) is 0 Å². The number of ether oxygens (including phenoxy) is 1. The van der Waals surface area contributed by atoms with Gasteiger partial charge in [-0.05, 0) is 0 Å². The Morgan fingerprint density at radius 3 is 2.47 bits per heavy atom. The summed E-state index contributed by atoms with van der Waals surface area (Å²) in [6, 6.07) is 0. The highest BCUT2D eigenvalue weighted by atomic mass is 16.5.